The van der Waals surface area contributed by atoms with Crippen LogP contribution < -0.4 is 10.6 Å². The van der Waals surface area contributed by atoms with Crippen molar-refractivity contribution in [1.82, 2.24) is 5.32 Å². The number of carbonyl (C=O) groups is 2. The summed E-state index contributed by atoms with van der Waals surface area (Å²) in [6.07, 6.45) is 1.96. The third-order valence-corrected chi connectivity index (χ3v) is 4.06. The zero-order valence-corrected chi connectivity index (χ0v) is 11.7. The number of benzene rings is 1. The highest BCUT2D eigenvalue weighted by Crippen LogP contribution is 2.30. The minimum absolute atomic E-state index is 0.0684. The van der Waals surface area contributed by atoms with E-state index in [0.29, 0.717) is 10.7 Å². The quantitative estimate of drug-likeness (QED) is 0.892. The number of nitrogens with zero attached hydrogens (tertiary/aromatic N) is 1. The number of hydrogen-bond donors (Lipinski definition) is 2. The average Bonchev–Trinajstić information content (AvgIpc) is 3.19. The first-order valence-corrected chi connectivity index (χ1v) is 7.60. The van der Waals surface area contributed by atoms with Gasteiger partial charge in [-0.15, -0.1) is 0 Å². The molecule has 1 aromatic carbocycles. The number of carbonyl (C=O) groups excluding carboxylic acids is 2. The number of thioether (sulfide) groups is 1. The summed E-state index contributed by atoms with van der Waals surface area (Å²) in [6, 6.07) is 6.91. The van der Waals surface area contributed by atoms with E-state index in [1.54, 1.807) is 36.0 Å². The molecule has 1 fully saturated rings. The average molecular weight is 289 g/mol. The van der Waals surface area contributed by atoms with Crippen LogP contribution in [0.4, 0.5) is 5.69 Å². The SMILES string of the molecule is O=C(NC1=NCCS1)c1ccc(NC(=O)C2CC2)cc1. The molecule has 20 heavy (non-hydrogen) atoms. The van der Waals surface area contributed by atoms with E-state index in [1.807, 2.05) is 0 Å². The van der Waals surface area contributed by atoms with Gasteiger partial charge in [-0.3, -0.25) is 14.6 Å². The third-order valence-electron chi connectivity index (χ3n) is 3.17. The Labute approximate surface area is 121 Å². The first kappa shape index (κ1) is 13.2. The van der Waals surface area contributed by atoms with Gasteiger partial charge in [0.1, 0.15) is 0 Å². The molecule has 0 saturated heterocycles. The van der Waals surface area contributed by atoms with Gasteiger partial charge >= 0.3 is 0 Å². The van der Waals surface area contributed by atoms with Crippen LogP contribution in [-0.2, 0) is 4.79 Å². The lowest BCUT2D eigenvalue weighted by atomic mass is 10.2. The molecule has 0 bridgehead atoms. The standard InChI is InChI=1S/C14H15N3O2S/c18-12(9-1-2-9)16-11-5-3-10(4-6-11)13(19)17-14-15-7-8-20-14/h3-6,9H,1-2,7-8H2,(H,16,18)(H,15,17,19). The minimum atomic E-state index is -0.168. The van der Waals surface area contributed by atoms with Crippen LogP contribution in [0.15, 0.2) is 29.3 Å². The van der Waals surface area contributed by atoms with Gasteiger partial charge in [0.2, 0.25) is 5.91 Å². The van der Waals surface area contributed by atoms with Gasteiger partial charge in [-0.25, -0.2) is 0 Å². The molecular weight excluding hydrogens is 274 g/mol. The second-order valence-electron chi connectivity index (χ2n) is 4.83. The molecule has 0 atom stereocenters. The van der Waals surface area contributed by atoms with Crippen LogP contribution in [0.25, 0.3) is 0 Å². The van der Waals surface area contributed by atoms with Crippen molar-refractivity contribution in [3.63, 3.8) is 0 Å². The molecule has 0 spiro atoms. The van der Waals surface area contributed by atoms with Gasteiger partial charge in [0.25, 0.3) is 5.91 Å². The molecule has 2 amide bonds. The van der Waals surface area contributed by atoms with E-state index in [9.17, 15) is 9.59 Å². The maximum absolute atomic E-state index is 12.0. The Kier molecular flexibility index (Phi) is 3.73. The van der Waals surface area contributed by atoms with Gasteiger partial charge in [0.05, 0.1) is 6.54 Å². The summed E-state index contributed by atoms with van der Waals surface area (Å²) >= 11 is 1.55. The van der Waals surface area contributed by atoms with Gasteiger partial charge in [-0.05, 0) is 37.1 Å². The number of nitrogens with one attached hydrogen (secondary N) is 2. The number of aliphatic imine (C=N–C) groups is 1. The Morgan fingerprint density at radius 2 is 1.90 bits per heavy atom. The Morgan fingerprint density at radius 1 is 1.15 bits per heavy atom. The Balaban J connectivity index is 1.59. The Hall–Kier alpha value is -1.82. The Bertz CT molecular complexity index is 564. The lowest BCUT2D eigenvalue weighted by molar-refractivity contribution is -0.117. The van der Waals surface area contributed by atoms with Crippen LogP contribution in [0.1, 0.15) is 23.2 Å². The van der Waals surface area contributed by atoms with Crippen molar-refractivity contribution in [2.75, 3.05) is 17.6 Å². The van der Waals surface area contributed by atoms with Gasteiger partial charge in [-0.2, -0.15) is 0 Å². The van der Waals surface area contributed by atoms with E-state index < -0.39 is 0 Å². The molecule has 0 unspecified atom stereocenters. The van der Waals surface area contributed by atoms with E-state index in [-0.39, 0.29) is 17.7 Å². The van der Waals surface area contributed by atoms with Crippen molar-refractivity contribution in [1.29, 1.82) is 0 Å². The summed E-state index contributed by atoms with van der Waals surface area (Å²) in [5.41, 5.74) is 1.29. The second kappa shape index (κ2) is 5.66. The smallest absolute Gasteiger partial charge is 0.257 e. The molecule has 1 saturated carbocycles. The summed E-state index contributed by atoms with van der Waals surface area (Å²) < 4.78 is 0. The molecule has 0 radical (unpaired) electrons. The fourth-order valence-electron chi connectivity index (χ4n) is 1.87. The van der Waals surface area contributed by atoms with Crippen molar-refractivity contribution in [3.8, 4) is 0 Å². The topological polar surface area (TPSA) is 70.6 Å². The largest absolute Gasteiger partial charge is 0.326 e. The number of rotatable bonds is 3. The van der Waals surface area contributed by atoms with Gasteiger partial charge in [0.15, 0.2) is 5.17 Å². The molecule has 104 valence electrons. The lowest BCUT2D eigenvalue weighted by Crippen LogP contribution is -2.27. The van der Waals surface area contributed by atoms with Crippen LogP contribution in [0.5, 0.6) is 0 Å². The van der Waals surface area contributed by atoms with E-state index in [0.717, 1.165) is 30.8 Å². The molecule has 5 nitrogen and oxygen atoms in total. The zero-order chi connectivity index (χ0) is 13.9. The van der Waals surface area contributed by atoms with Crippen molar-refractivity contribution < 1.29 is 9.59 Å². The van der Waals surface area contributed by atoms with Crippen LogP contribution in [0.2, 0.25) is 0 Å². The molecule has 2 N–H and O–H groups in total. The summed E-state index contributed by atoms with van der Waals surface area (Å²) in [5, 5.41) is 6.30. The minimum Gasteiger partial charge on any atom is -0.326 e. The number of anilines is 1. The highest BCUT2D eigenvalue weighted by Gasteiger charge is 2.29. The maximum Gasteiger partial charge on any atom is 0.257 e. The van der Waals surface area contributed by atoms with Crippen molar-refractivity contribution in [2.24, 2.45) is 10.9 Å². The third kappa shape index (κ3) is 3.19. The predicted octanol–water partition coefficient (Wildman–Crippen LogP) is 1.87. The first-order valence-electron chi connectivity index (χ1n) is 6.62. The number of amidine groups is 1. The molecule has 3 rings (SSSR count). The summed E-state index contributed by atoms with van der Waals surface area (Å²) in [4.78, 5) is 27.7. The Morgan fingerprint density at radius 3 is 2.50 bits per heavy atom. The summed E-state index contributed by atoms with van der Waals surface area (Å²) in [7, 11) is 0. The monoisotopic (exact) mass is 289 g/mol. The summed E-state index contributed by atoms with van der Waals surface area (Å²) in [5.74, 6) is 0.995. The predicted molar refractivity (Wildman–Crippen MR) is 80.0 cm³/mol. The highest BCUT2D eigenvalue weighted by molar-refractivity contribution is 8.14. The van der Waals surface area contributed by atoms with E-state index in [2.05, 4.69) is 15.6 Å². The van der Waals surface area contributed by atoms with Gasteiger partial charge in [0, 0.05) is 22.9 Å². The van der Waals surface area contributed by atoms with Crippen molar-refractivity contribution in [2.45, 2.75) is 12.8 Å². The molecule has 2 aliphatic rings. The maximum atomic E-state index is 12.0. The number of amides is 2. The zero-order valence-electron chi connectivity index (χ0n) is 10.9. The van der Waals surface area contributed by atoms with Crippen molar-refractivity contribution >= 4 is 34.4 Å². The van der Waals surface area contributed by atoms with Crippen LogP contribution in [0.3, 0.4) is 0 Å². The second-order valence-corrected chi connectivity index (χ2v) is 5.91. The van der Waals surface area contributed by atoms with Crippen LogP contribution >= 0.6 is 11.8 Å². The molecule has 6 heteroatoms. The normalized spacial score (nSPS) is 17.5. The van der Waals surface area contributed by atoms with E-state index >= 15 is 0 Å². The van der Waals surface area contributed by atoms with Crippen LogP contribution in [0, 0.1) is 5.92 Å². The van der Waals surface area contributed by atoms with E-state index in [1.165, 1.54) is 0 Å². The molecule has 1 aliphatic carbocycles. The van der Waals surface area contributed by atoms with Gasteiger partial charge in [-0.1, -0.05) is 11.8 Å². The van der Waals surface area contributed by atoms with Gasteiger partial charge < -0.3 is 10.6 Å². The fourth-order valence-corrected chi connectivity index (χ4v) is 2.60. The first-order chi connectivity index (χ1) is 9.72. The summed E-state index contributed by atoms with van der Waals surface area (Å²) in [6.45, 7) is 0.756. The molecule has 1 aliphatic heterocycles. The molecular formula is C14H15N3O2S. The fraction of sp³-hybridized carbons (Fsp3) is 0.357. The molecule has 0 aromatic heterocycles. The van der Waals surface area contributed by atoms with E-state index in [4.69, 9.17) is 0 Å². The lowest BCUT2D eigenvalue weighted by Gasteiger charge is -2.06. The molecule has 1 heterocycles. The highest BCUT2D eigenvalue weighted by atomic mass is 32.2. The van der Waals surface area contributed by atoms with Crippen molar-refractivity contribution in [3.05, 3.63) is 29.8 Å². The molecule has 1 aromatic rings. The number of hydrogen-bond acceptors (Lipinski definition) is 4. The van der Waals surface area contributed by atoms with Crippen LogP contribution in [-0.4, -0.2) is 29.3 Å².